The molecular formula is C21H16ClN3O4. The van der Waals surface area contributed by atoms with Crippen LogP contribution in [0.25, 0.3) is 0 Å². The van der Waals surface area contributed by atoms with Crippen LogP contribution in [0.4, 0.5) is 5.69 Å². The minimum atomic E-state index is -0.528. The first-order valence-corrected chi connectivity index (χ1v) is 8.95. The van der Waals surface area contributed by atoms with Crippen LogP contribution in [0.2, 0.25) is 5.02 Å². The Kier molecular flexibility index (Phi) is 6.55. The van der Waals surface area contributed by atoms with Gasteiger partial charge in [-0.05, 0) is 42.0 Å². The number of hydrogen-bond acceptors (Lipinski definition) is 5. The summed E-state index contributed by atoms with van der Waals surface area (Å²) in [5.74, 6) is 0.120. The molecule has 0 bridgehead atoms. The summed E-state index contributed by atoms with van der Waals surface area (Å²) < 4.78 is 5.83. The van der Waals surface area contributed by atoms with Crippen molar-refractivity contribution in [3.63, 3.8) is 0 Å². The molecule has 1 amide bonds. The molecule has 146 valence electrons. The van der Waals surface area contributed by atoms with Crippen molar-refractivity contribution in [2.75, 3.05) is 0 Å². The van der Waals surface area contributed by atoms with Gasteiger partial charge in [0.1, 0.15) is 12.4 Å². The number of para-hydroxylation sites is 1. The van der Waals surface area contributed by atoms with Crippen molar-refractivity contribution >= 4 is 29.4 Å². The Hall–Kier alpha value is -3.71. The van der Waals surface area contributed by atoms with Gasteiger partial charge in [0.25, 0.3) is 11.6 Å². The molecule has 3 aromatic carbocycles. The predicted octanol–water partition coefficient (Wildman–Crippen LogP) is 4.59. The van der Waals surface area contributed by atoms with E-state index in [1.807, 2.05) is 30.3 Å². The fourth-order valence-corrected chi connectivity index (χ4v) is 2.68. The van der Waals surface area contributed by atoms with Gasteiger partial charge in [-0.3, -0.25) is 14.9 Å². The van der Waals surface area contributed by atoms with Gasteiger partial charge in [-0.15, -0.1) is 0 Å². The first kappa shape index (κ1) is 20.0. The molecule has 3 rings (SSSR count). The summed E-state index contributed by atoms with van der Waals surface area (Å²) in [5, 5.41) is 15.2. The largest absolute Gasteiger partial charge is 0.488 e. The van der Waals surface area contributed by atoms with E-state index in [2.05, 4.69) is 10.5 Å². The number of carbonyl (C=O) groups excluding carboxylic acids is 1. The molecule has 0 aliphatic carbocycles. The van der Waals surface area contributed by atoms with Crippen molar-refractivity contribution in [2.24, 2.45) is 5.10 Å². The summed E-state index contributed by atoms with van der Waals surface area (Å²) in [6, 6.07) is 19.9. The van der Waals surface area contributed by atoms with Crippen LogP contribution in [0.1, 0.15) is 21.5 Å². The fourth-order valence-electron chi connectivity index (χ4n) is 2.47. The number of non-ortho nitro benzene ring substituents is 1. The van der Waals surface area contributed by atoms with Crippen LogP contribution in [0, 0.1) is 10.1 Å². The Morgan fingerprint density at radius 3 is 2.59 bits per heavy atom. The van der Waals surface area contributed by atoms with Crippen LogP contribution < -0.4 is 10.2 Å². The number of carbonyl (C=O) groups is 1. The van der Waals surface area contributed by atoms with Gasteiger partial charge in [0, 0.05) is 28.3 Å². The molecule has 0 radical (unpaired) electrons. The van der Waals surface area contributed by atoms with E-state index in [0.29, 0.717) is 22.9 Å². The summed E-state index contributed by atoms with van der Waals surface area (Å²) in [4.78, 5) is 22.2. The molecule has 0 aromatic heterocycles. The fraction of sp³-hybridized carbons (Fsp3) is 0.0476. The molecule has 0 saturated carbocycles. The van der Waals surface area contributed by atoms with E-state index in [9.17, 15) is 14.9 Å². The summed E-state index contributed by atoms with van der Waals surface area (Å²) in [6.07, 6.45) is 1.47. The number of ether oxygens (including phenoxy) is 1. The second-order valence-corrected chi connectivity index (χ2v) is 6.40. The predicted molar refractivity (Wildman–Crippen MR) is 110 cm³/mol. The SMILES string of the molecule is O=C(N/N=C/c1ccccc1OCc1cccc(Cl)c1)c1ccc([N+](=O)[O-])cc1. The average molecular weight is 410 g/mol. The van der Waals surface area contributed by atoms with Gasteiger partial charge in [0.05, 0.1) is 11.1 Å². The van der Waals surface area contributed by atoms with Gasteiger partial charge in [0.15, 0.2) is 0 Å². The smallest absolute Gasteiger partial charge is 0.271 e. The Bertz CT molecular complexity index is 1050. The van der Waals surface area contributed by atoms with Gasteiger partial charge in [-0.1, -0.05) is 35.9 Å². The minimum Gasteiger partial charge on any atom is -0.488 e. The molecular weight excluding hydrogens is 394 g/mol. The maximum Gasteiger partial charge on any atom is 0.271 e. The van der Waals surface area contributed by atoms with E-state index in [0.717, 1.165) is 5.56 Å². The zero-order valence-electron chi connectivity index (χ0n) is 15.1. The normalized spacial score (nSPS) is 10.7. The summed E-state index contributed by atoms with van der Waals surface area (Å²) in [5.41, 5.74) is 4.17. The molecule has 29 heavy (non-hydrogen) atoms. The lowest BCUT2D eigenvalue weighted by molar-refractivity contribution is -0.384. The van der Waals surface area contributed by atoms with Crippen LogP contribution in [0.3, 0.4) is 0 Å². The second-order valence-electron chi connectivity index (χ2n) is 5.96. The standard InChI is InChI=1S/C21H16ClN3O4/c22-18-6-3-4-15(12-18)14-29-20-7-2-1-5-17(20)13-23-24-21(26)16-8-10-19(11-9-16)25(27)28/h1-13H,14H2,(H,24,26)/b23-13+. The van der Waals surface area contributed by atoms with E-state index >= 15 is 0 Å². The van der Waals surface area contributed by atoms with Crippen LogP contribution in [-0.2, 0) is 6.61 Å². The quantitative estimate of drug-likeness (QED) is 0.351. The van der Waals surface area contributed by atoms with E-state index in [-0.39, 0.29) is 11.3 Å². The van der Waals surface area contributed by atoms with Crippen molar-refractivity contribution in [1.82, 2.24) is 5.43 Å². The zero-order chi connectivity index (χ0) is 20.6. The third kappa shape index (κ3) is 5.63. The summed E-state index contributed by atoms with van der Waals surface area (Å²) >= 11 is 5.98. The maximum absolute atomic E-state index is 12.1. The highest BCUT2D eigenvalue weighted by Crippen LogP contribution is 2.19. The van der Waals surface area contributed by atoms with E-state index in [4.69, 9.17) is 16.3 Å². The number of nitro groups is 1. The zero-order valence-corrected chi connectivity index (χ0v) is 15.9. The highest BCUT2D eigenvalue weighted by molar-refractivity contribution is 6.30. The first-order valence-electron chi connectivity index (χ1n) is 8.57. The second kappa shape index (κ2) is 9.48. The lowest BCUT2D eigenvalue weighted by Crippen LogP contribution is -2.17. The van der Waals surface area contributed by atoms with Gasteiger partial charge in [-0.2, -0.15) is 5.10 Å². The van der Waals surface area contributed by atoms with Crippen molar-refractivity contribution in [2.45, 2.75) is 6.61 Å². The lowest BCUT2D eigenvalue weighted by atomic mass is 10.2. The molecule has 0 fully saturated rings. The number of amides is 1. The van der Waals surface area contributed by atoms with Crippen molar-refractivity contribution in [1.29, 1.82) is 0 Å². The van der Waals surface area contributed by atoms with E-state index in [1.54, 1.807) is 18.2 Å². The number of nitrogens with zero attached hydrogens (tertiary/aromatic N) is 2. The van der Waals surface area contributed by atoms with Gasteiger partial charge < -0.3 is 4.74 Å². The number of hydrazone groups is 1. The average Bonchev–Trinajstić information content (AvgIpc) is 2.73. The minimum absolute atomic E-state index is 0.0872. The monoisotopic (exact) mass is 409 g/mol. The Morgan fingerprint density at radius 2 is 1.86 bits per heavy atom. The summed E-state index contributed by atoms with van der Waals surface area (Å²) in [7, 11) is 0. The Morgan fingerprint density at radius 1 is 1.10 bits per heavy atom. The number of halogens is 1. The maximum atomic E-state index is 12.1. The van der Waals surface area contributed by atoms with Crippen molar-refractivity contribution in [3.8, 4) is 5.75 Å². The molecule has 3 aromatic rings. The highest BCUT2D eigenvalue weighted by Gasteiger charge is 2.09. The highest BCUT2D eigenvalue weighted by atomic mass is 35.5. The van der Waals surface area contributed by atoms with Gasteiger partial charge in [0.2, 0.25) is 0 Å². The molecule has 7 nitrogen and oxygen atoms in total. The lowest BCUT2D eigenvalue weighted by Gasteiger charge is -2.09. The molecule has 0 heterocycles. The number of benzene rings is 3. The van der Waals surface area contributed by atoms with Crippen LogP contribution >= 0.6 is 11.6 Å². The molecule has 0 aliphatic rings. The molecule has 0 spiro atoms. The topological polar surface area (TPSA) is 93.8 Å². The Balaban J connectivity index is 1.63. The molecule has 1 N–H and O–H groups in total. The van der Waals surface area contributed by atoms with E-state index in [1.165, 1.54) is 30.5 Å². The van der Waals surface area contributed by atoms with Gasteiger partial charge in [-0.25, -0.2) is 5.43 Å². The molecule has 0 atom stereocenters. The van der Waals surface area contributed by atoms with Crippen LogP contribution in [0.5, 0.6) is 5.75 Å². The molecule has 0 unspecified atom stereocenters. The van der Waals surface area contributed by atoms with Gasteiger partial charge >= 0.3 is 0 Å². The first-order chi connectivity index (χ1) is 14.0. The summed E-state index contributed by atoms with van der Waals surface area (Å²) in [6.45, 7) is 0.334. The number of nitro benzene ring substituents is 1. The number of hydrogen-bond donors (Lipinski definition) is 1. The number of nitrogens with one attached hydrogen (secondary N) is 1. The van der Waals surface area contributed by atoms with Crippen LogP contribution in [0.15, 0.2) is 77.9 Å². The van der Waals surface area contributed by atoms with E-state index < -0.39 is 10.8 Å². The third-order valence-electron chi connectivity index (χ3n) is 3.91. The number of rotatable bonds is 7. The van der Waals surface area contributed by atoms with Crippen molar-refractivity contribution in [3.05, 3.63) is 105 Å². The molecule has 0 saturated heterocycles. The molecule has 8 heteroatoms. The van der Waals surface area contributed by atoms with Crippen molar-refractivity contribution < 1.29 is 14.5 Å². The molecule has 0 aliphatic heterocycles. The third-order valence-corrected chi connectivity index (χ3v) is 4.15. The van der Waals surface area contributed by atoms with Crippen LogP contribution in [-0.4, -0.2) is 17.0 Å². The Labute approximate surface area is 171 Å².